The van der Waals surface area contributed by atoms with Crippen LogP contribution in [0.2, 0.25) is 5.02 Å². The third-order valence-electron chi connectivity index (χ3n) is 4.72. The molecule has 0 bridgehead atoms. The fourth-order valence-corrected chi connectivity index (χ4v) is 3.53. The number of fused-ring (bicyclic) bond motifs is 1. The Labute approximate surface area is 154 Å². The van der Waals surface area contributed by atoms with Gasteiger partial charge in [-0.1, -0.05) is 16.8 Å². The summed E-state index contributed by atoms with van der Waals surface area (Å²) in [7, 11) is 1.72. The van der Waals surface area contributed by atoms with Gasteiger partial charge in [0.25, 0.3) is 0 Å². The average molecular weight is 376 g/mol. The maximum absolute atomic E-state index is 12.4. The molecule has 1 saturated carbocycles. The predicted octanol–water partition coefficient (Wildman–Crippen LogP) is 2.95. The topological polar surface area (TPSA) is 106 Å². The number of nitrogens with zero attached hydrogens (tertiary/aromatic N) is 3. The van der Waals surface area contributed by atoms with Crippen LogP contribution in [-0.4, -0.2) is 45.3 Å². The van der Waals surface area contributed by atoms with Crippen molar-refractivity contribution in [1.82, 2.24) is 25.4 Å². The molecule has 1 fully saturated rings. The SMILES string of the molecule is COC1CCC(NC(=O)c2nc(-c3cnc4[nH]ccc4c3Cl)no2)CC1. The molecule has 4 rings (SSSR count). The van der Waals surface area contributed by atoms with Gasteiger partial charge in [0.05, 0.1) is 16.7 Å². The first-order valence-corrected chi connectivity index (χ1v) is 8.83. The first kappa shape index (κ1) is 17.0. The fourth-order valence-electron chi connectivity index (χ4n) is 3.25. The average Bonchev–Trinajstić information content (AvgIpc) is 3.32. The number of nitrogens with one attached hydrogen (secondary N) is 2. The van der Waals surface area contributed by atoms with E-state index < -0.39 is 0 Å². The lowest BCUT2D eigenvalue weighted by Crippen LogP contribution is -2.39. The van der Waals surface area contributed by atoms with Gasteiger partial charge in [0, 0.05) is 30.9 Å². The number of halogens is 1. The van der Waals surface area contributed by atoms with Gasteiger partial charge >= 0.3 is 11.8 Å². The molecule has 0 radical (unpaired) electrons. The molecular formula is C17H18ClN5O3. The number of aromatic amines is 1. The number of methoxy groups -OCH3 is 1. The van der Waals surface area contributed by atoms with Crippen molar-refractivity contribution in [3.63, 3.8) is 0 Å². The zero-order valence-electron chi connectivity index (χ0n) is 14.2. The normalized spacial score (nSPS) is 20.4. The number of carbonyl (C=O) groups is 1. The number of aromatic nitrogens is 4. The number of ether oxygens (including phenoxy) is 1. The van der Waals surface area contributed by atoms with Crippen LogP contribution in [0.25, 0.3) is 22.4 Å². The van der Waals surface area contributed by atoms with Crippen LogP contribution in [0.15, 0.2) is 23.0 Å². The van der Waals surface area contributed by atoms with Crippen molar-refractivity contribution in [3.8, 4) is 11.4 Å². The lowest BCUT2D eigenvalue weighted by molar-refractivity contribution is 0.0591. The Morgan fingerprint density at radius 1 is 1.38 bits per heavy atom. The number of pyridine rings is 1. The Hall–Kier alpha value is -2.45. The summed E-state index contributed by atoms with van der Waals surface area (Å²) in [6, 6.07) is 1.91. The van der Waals surface area contributed by atoms with Gasteiger partial charge in [-0.05, 0) is 31.7 Å². The van der Waals surface area contributed by atoms with E-state index in [2.05, 4.69) is 25.4 Å². The van der Waals surface area contributed by atoms with Gasteiger partial charge in [-0.3, -0.25) is 4.79 Å². The molecule has 0 saturated heterocycles. The lowest BCUT2D eigenvalue weighted by Gasteiger charge is -2.27. The van der Waals surface area contributed by atoms with Crippen LogP contribution in [0.1, 0.15) is 36.4 Å². The van der Waals surface area contributed by atoms with Gasteiger partial charge in [-0.15, -0.1) is 0 Å². The highest BCUT2D eigenvalue weighted by Crippen LogP contribution is 2.31. The molecule has 1 aliphatic rings. The summed E-state index contributed by atoms with van der Waals surface area (Å²) < 4.78 is 10.5. The molecule has 0 unspecified atom stereocenters. The molecule has 3 heterocycles. The highest BCUT2D eigenvalue weighted by Gasteiger charge is 2.25. The Kier molecular flexibility index (Phi) is 4.60. The summed E-state index contributed by atoms with van der Waals surface area (Å²) in [5.41, 5.74) is 1.19. The second kappa shape index (κ2) is 7.05. The van der Waals surface area contributed by atoms with Crippen molar-refractivity contribution < 1.29 is 14.1 Å². The molecule has 9 heteroatoms. The number of amides is 1. The molecule has 3 aromatic rings. The lowest BCUT2D eigenvalue weighted by atomic mass is 9.93. The molecule has 1 amide bonds. The zero-order chi connectivity index (χ0) is 18.1. The monoisotopic (exact) mass is 375 g/mol. The standard InChI is InChI=1S/C17H18ClN5O3/c1-25-10-4-2-9(3-5-10)21-16(24)17-22-15(23-26-17)12-8-20-14-11(13(12)18)6-7-19-14/h6-10H,2-5H2,1H3,(H,19,20)(H,21,24). The second-order valence-electron chi connectivity index (χ2n) is 6.33. The summed E-state index contributed by atoms with van der Waals surface area (Å²) in [5, 5.41) is 8.04. The van der Waals surface area contributed by atoms with Crippen molar-refractivity contribution in [3.05, 3.63) is 29.4 Å². The highest BCUT2D eigenvalue weighted by molar-refractivity contribution is 6.37. The summed E-state index contributed by atoms with van der Waals surface area (Å²) in [6.07, 6.45) is 7.16. The third kappa shape index (κ3) is 3.17. The first-order valence-electron chi connectivity index (χ1n) is 8.45. The van der Waals surface area contributed by atoms with Crippen molar-refractivity contribution in [2.45, 2.75) is 37.8 Å². The second-order valence-corrected chi connectivity index (χ2v) is 6.71. The van der Waals surface area contributed by atoms with Crippen LogP contribution in [-0.2, 0) is 4.74 Å². The molecule has 3 aromatic heterocycles. The fraction of sp³-hybridized carbons (Fsp3) is 0.412. The van der Waals surface area contributed by atoms with Gasteiger partial charge in [0.15, 0.2) is 0 Å². The quantitative estimate of drug-likeness (QED) is 0.726. The Bertz CT molecular complexity index is 930. The summed E-state index contributed by atoms with van der Waals surface area (Å²) >= 11 is 6.40. The number of H-pyrrole nitrogens is 1. The van der Waals surface area contributed by atoms with Crippen molar-refractivity contribution in [2.24, 2.45) is 0 Å². The molecule has 0 aromatic carbocycles. The van der Waals surface area contributed by atoms with Crippen LogP contribution in [0.4, 0.5) is 0 Å². The number of hydrogen-bond donors (Lipinski definition) is 2. The molecule has 2 N–H and O–H groups in total. The Morgan fingerprint density at radius 3 is 2.96 bits per heavy atom. The van der Waals surface area contributed by atoms with E-state index in [1.54, 1.807) is 19.5 Å². The van der Waals surface area contributed by atoms with E-state index in [0.29, 0.717) is 16.2 Å². The van der Waals surface area contributed by atoms with E-state index in [4.69, 9.17) is 20.9 Å². The minimum Gasteiger partial charge on any atom is -0.381 e. The van der Waals surface area contributed by atoms with Crippen LogP contribution < -0.4 is 5.32 Å². The van der Waals surface area contributed by atoms with Crippen LogP contribution in [0.3, 0.4) is 0 Å². The summed E-state index contributed by atoms with van der Waals surface area (Å²) in [4.78, 5) is 23.8. The smallest absolute Gasteiger partial charge is 0.316 e. The van der Waals surface area contributed by atoms with Crippen molar-refractivity contribution >= 4 is 28.5 Å². The third-order valence-corrected chi connectivity index (χ3v) is 5.13. The van der Waals surface area contributed by atoms with E-state index in [1.165, 1.54) is 0 Å². The summed E-state index contributed by atoms with van der Waals surface area (Å²) in [5.74, 6) is -0.227. The Morgan fingerprint density at radius 2 is 2.19 bits per heavy atom. The first-order chi connectivity index (χ1) is 12.7. The summed E-state index contributed by atoms with van der Waals surface area (Å²) in [6.45, 7) is 0. The van der Waals surface area contributed by atoms with Gasteiger partial charge in [-0.2, -0.15) is 4.98 Å². The largest absolute Gasteiger partial charge is 0.381 e. The molecular weight excluding hydrogens is 358 g/mol. The minimum absolute atomic E-state index is 0.0842. The highest BCUT2D eigenvalue weighted by atomic mass is 35.5. The molecule has 1 aliphatic carbocycles. The molecule has 0 spiro atoms. The molecule has 0 aliphatic heterocycles. The van der Waals surface area contributed by atoms with Crippen LogP contribution in [0.5, 0.6) is 0 Å². The van der Waals surface area contributed by atoms with Crippen molar-refractivity contribution in [1.29, 1.82) is 0 Å². The van der Waals surface area contributed by atoms with E-state index in [0.717, 1.165) is 31.1 Å². The predicted molar refractivity (Wildman–Crippen MR) is 94.9 cm³/mol. The zero-order valence-corrected chi connectivity index (χ0v) is 14.9. The number of rotatable bonds is 4. The maximum Gasteiger partial charge on any atom is 0.316 e. The van der Waals surface area contributed by atoms with E-state index >= 15 is 0 Å². The molecule has 0 atom stereocenters. The van der Waals surface area contributed by atoms with E-state index in [-0.39, 0.29) is 29.8 Å². The molecule has 26 heavy (non-hydrogen) atoms. The Balaban J connectivity index is 1.48. The van der Waals surface area contributed by atoms with Crippen LogP contribution in [0, 0.1) is 0 Å². The van der Waals surface area contributed by atoms with Gasteiger partial charge in [0.1, 0.15) is 5.65 Å². The minimum atomic E-state index is -0.378. The van der Waals surface area contributed by atoms with Crippen molar-refractivity contribution in [2.75, 3.05) is 7.11 Å². The maximum atomic E-state index is 12.4. The number of hydrogen-bond acceptors (Lipinski definition) is 6. The van der Waals surface area contributed by atoms with E-state index in [9.17, 15) is 4.79 Å². The molecule has 8 nitrogen and oxygen atoms in total. The van der Waals surface area contributed by atoms with E-state index in [1.807, 2.05) is 6.07 Å². The van der Waals surface area contributed by atoms with Gasteiger partial charge in [-0.25, -0.2) is 4.98 Å². The van der Waals surface area contributed by atoms with Gasteiger partial charge < -0.3 is 19.6 Å². The molecule has 136 valence electrons. The number of carbonyl (C=O) groups excluding carboxylic acids is 1. The van der Waals surface area contributed by atoms with Gasteiger partial charge in [0.2, 0.25) is 5.82 Å². The van der Waals surface area contributed by atoms with Crippen LogP contribution >= 0.6 is 11.6 Å².